The maximum Gasteiger partial charge on any atom is 0.308 e. The molecule has 0 amide bonds. The first-order valence-corrected chi connectivity index (χ1v) is 3.11. The van der Waals surface area contributed by atoms with Gasteiger partial charge in [0.05, 0.1) is 13.3 Å². The molecule has 10 heavy (non-hydrogen) atoms. The maximum atomic E-state index is 11.0. The Hall–Kier alpha value is -1.19. The molecule has 56 valence electrons. The highest BCUT2D eigenvalue weighted by Gasteiger charge is 2.01. The average Bonchev–Trinajstić information content (AvgIpc) is 2.30. The van der Waals surface area contributed by atoms with Crippen LogP contribution in [-0.4, -0.2) is 16.9 Å². The lowest BCUT2D eigenvalue weighted by atomic mass is 10.6. The van der Waals surface area contributed by atoms with Gasteiger partial charge >= 0.3 is 5.56 Å². The van der Waals surface area contributed by atoms with Crippen molar-refractivity contribution in [2.24, 2.45) is 0 Å². The molecule has 0 aliphatic rings. The first-order chi connectivity index (χ1) is 4.79. The van der Waals surface area contributed by atoms with Crippen molar-refractivity contribution in [1.82, 2.24) is 9.78 Å². The molecule has 0 aliphatic carbocycles. The van der Waals surface area contributed by atoms with Gasteiger partial charge in [-0.2, -0.15) is 0 Å². The highest BCUT2D eigenvalue weighted by Crippen LogP contribution is 1.96. The zero-order valence-corrected chi connectivity index (χ0v) is 6.05. The first kappa shape index (κ1) is 6.92. The van der Waals surface area contributed by atoms with E-state index in [0.717, 1.165) is 0 Å². The molecule has 0 fully saturated rings. The van der Waals surface area contributed by atoms with E-state index in [4.69, 9.17) is 4.74 Å². The summed E-state index contributed by atoms with van der Waals surface area (Å²) in [5.74, 6) is 0.363. The molecule has 1 heterocycles. The minimum atomic E-state index is -0.106. The summed E-state index contributed by atoms with van der Waals surface area (Å²) in [5.41, 5.74) is -0.106. The van der Waals surface area contributed by atoms with Crippen molar-refractivity contribution in [3.05, 3.63) is 16.6 Å². The first-order valence-electron chi connectivity index (χ1n) is 3.11. The van der Waals surface area contributed by atoms with E-state index >= 15 is 0 Å². The Kier molecular flexibility index (Phi) is 1.80. The van der Waals surface area contributed by atoms with Crippen LogP contribution in [0.2, 0.25) is 0 Å². The van der Waals surface area contributed by atoms with Gasteiger partial charge in [-0.25, -0.2) is 0 Å². The zero-order chi connectivity index (χ0) is 7.56. The van der Waals surface area contributed by atoms with E-state index in [-0.39, 0.29) is 5.56 Å². The van der Waals surface area contributed by atoms with Crippen molar-refractivity contribution in [2.75, 3.05) is 7.11 Å². The molecule has 1 aromatic heterocycles. The number of hydrogen-bond donors (Lipinski definition) is 1. The van der Waals surface area contributed by atoms with Gasteiger partial charge in [0.1, 0.15) is 0 Å². The molecular weight excluding hydrogens is 132 g/mol. The lowest BCUT2D eigenvalue weighted by molar-refractivity contribution is 0.409. The summed E-state index contributed by atoms with van der Waals surface area (Å²) >= 11 is 0. The van der Waals surface area contributed by atoms with Gasteiger partial charge < -0.3 is 4.74 Å². The molecule has 0 bridgehead atoms. The monoisotopic (exact) mass is 142 g/mol. The van der Waals surface area contributed by atoms with Crippen LogP contribution < -0.4 is 10.3 Å². The Morgan fingerprint density at radius 1 is 1.80 bits per heavy atom. The van der Waals surface area contributed by atoms with Crippen LogP contribution in [0.1, 0.15) is 6.92 Å². The predicted molar refractivity (Wildman–Crippen MR) is 37.3 cm³/mol. The standard InChI is InChI=1S/C6H10N2O2/c1-3-8-6(9)5(10-2)4-7-8/h4,7H,3H2,1-2H3. The van der Waals surface area contributed by atoms with Crippen LogP contribution in [0.5, 0.6) is 5.75 Å². The minimum Gasteiger partial charge on any atom is -0.490 e. The zero-order valence-electron chi connectivity index (χ0n) is 6.05. The molecule has 0 unspecified atom stereocenters. The van der Waals surface area contributed by atoms with Crippen molar-refractivity contribution in [3.63, 3.8) is 0 Å². The van der Waals surface area contributed by atoms with Crippen molar-refractivity contribution >= 4 is 0 Å². The Balaban J connectivity index is 3.09. The number of nitrogens with one attached hydrogen (secondary N) is 1. The molecule has 4 nitrogen and oxygen atoms in total. The third-order valence-corrected chi connectivity index (χ3v) is 1.34. The molecular formula is C6H10N2O2. The lowest BCUT2D eigenvalue weighted by Gasteiger charge is -1.91. The number of ether oxygens (including phenoxy) is 1. The van der Waals surface area contributed by atoms with E-state index in [1.807, 2.05) is 6.92 Å². The molecule has 0 aliphatic heterocycles. The van der Waals surface area contributed by atoms with Gasteiger partial charge in [0.15, 0.2) is 0 Å². The van der Waals surface area contributed by atoms with Crippen LogP contribution in [0.25, 0.3) is 0 Å². The van der Waals surface area contributed by atoms with Crippen LogP contribution in [0, 0.1) is 0 Å². The average molecular weight is 142 g/mol. The summed E-state index contributed by atoms with van der Waals surface area (Å²) < 4.78 is 6.23. The molecule has 0 radical (unpaired) electrons. The van der Waals surface area contributed by atoms with E-state index in [9.17, 15) is 4.79 Å². The van der Waals surface area contributed by atoms with Crippen molar-refractivity contribution in [3.8, 4) is 5.75 Å². The number of aromatic amines is 1. The van der Waals surface area contributed by atoms with E-state index in [2.05, 4.69) is 5.10 Å². The van der Waals surface area contributed by atoms with E-state index in [1.54, 1.807) is 6.20 Å². The highest BCUT2D eigenvalue weighted by atomic mass is 16.5. The van der Waals surface area contributed by atoms with Gasteiger partial charge in [0.2, 0.25) is 5.75 Å². The predicted octanol–water partition coefficient (Wildman–Crippen LogP) is 0.205. The fourth-order valence-electron chi connectivity index (χ4n) is 0.771. The normalized spacial score (nSPS) is 9.80. The second kappa shape index (κ2) is 2.60. The van der Waals surface area contributed by atoms with E-state index < -0.39 is 0 Å². The number of aromatic nitrogens is 2. The summed E-state index contributed by atoms with van der Waals surface area (Å²) in [7, 11) is 1.48. The van der Waals surface area contributed by atoms with Gasteiger partial charge in [-0.05, 0) is 6.92 Å². The van der Waals surface area contributed by atoms with Crippen LogP contribution in [0.3, 0.4) is 0 Å². The van der Waals surface area contributed by atoms with Gasteiger partial charge in [-0.1, -0.05) is 0 Å². The number of H-pyrrole nitrogens is 1. The van der Waals surface area contributed by atoms with Crippen LogP contribution >= 0.6 is 0 Å². The summed E-state index contributed by atoms with van der Waals surface area (Å²) in [6, 6.07) is 0. The second-order valence-corrected chi connectivity index (χ2v) is 1.89. The smallest absolute Gasteiger partial charge is 0.308 e. The molecule has 1 rings (SSSR count). The van der Waals surface area contributed by atoms with Crippen molar-refractivity contribution in [1.29, 1.82) is 0 Å². The Labute approximate surface area is 58.4 Å². The largest absolute Gasteiger partial charge is 0.490 e. The van der Waals surface area contributed by atoms with E-state index in [0.29, 0.717) is 12.3 Å². The molecule has 0 aromatic carbocycles. The van der Waals surface area contributed by atoms with E-state index in [1.165, 1.54) is 11.8 Å². The number of rotatable bonds is 2. The molecule has 1 N–H and O–H groups in total. The Morgan fingerprint density at radius 3 is 2.80 bits per heavy atom. The summed E-state index contributed by atoms with van der Waals surface area (Å²) in [6.45, 7) is 2.53. The Bertz CT molecular complexity index is 236. The van der Waals surface area contributed by atoms with Crippen LogP contribution in [0.4, 0.5) is 0 Å². The highest BCUT2D eigenvalue weighted by molar-refractivity contribution is 5.11. The third-order valence-electron chi connectivity index (χ3n) is 1.34. The molecule has 0 saturated carbocycles. The molecule has 0 saturated heterocycles. The molecule has 0 spiro atoms. The van der Waals surface area contributed by atoms with Crippen LogP contribution in [0.15, 0.2) is 11.0 Å². The van der Waals surface area contributed by atoms with Crippen molar-refractivity contribution < 1.29 is 4.74 Å². The molecule has 0 atom stereocenters. The Morgan fingerprint density at radius 2 is 2.50 bits per heavy atom. The SMILES string of the molecule is CCn1[nH]cc(OC)c1=O. The number of methoxy groups -OCH3 is 1. The van der Waals surface area contributed by atoms with Gasteiger partial charge in [-0.15, -0.1) is 0 Å². The lowest BCUT2D eigenvalue weighted by Crippen LogP contribution is -2.15. The van der Waals surface area contributed by atoms with Gasteiger partial charge in [0, 0.05) is 6.54 Å². The van der Waals surface area contributed by atoms with Gasteiger partial charge in [-0.3, -0.25) is 14.6 Å². The quantitative estimate of drug-likeness (QED) is 0.641. The third kappa shape index (κ3) is 0.920. The van der Waals surface area contributed by atoms with Crippen molar-refractivity contribution in [2.45, 2.75) is 13.5 Å². The van der Waals surface area contributed by atoms with Gasteiger partial charge in [0.25, 0.3) is 0 Å². The topological polar surface area (TPSA) is 47.0 Å². The fourth-order valence-corrected chi connectivity index (χ4v) is 0.771. The number of hydrogen-bond acceptors (Lipinski definition) is 2. The number of nitrogens with zero attached hydrogens (tertiary/aromatic N) is 1. The fraction of sp³-hybridized carbons (Fsp3) is 0.500. The second-order valence-electron chi connectivity index (χ2n) is 1.89. The maximum absolute atomic E-state index is 11.0. The summed E-state index contributed by atoms with van der Waals surface area (Å²) in [4.78, 5) is 11.0. The molecule has 4 heteroatoms. The number of aryl methyl sites for hydroxylation is 1. The molecule has 1 aromatic rings. The minimum absolute atomic E-state index is 0.106. The van der Waals surface area contributed by atoms with Crippen LogP contribution in [-0.2, 0) is 6.54 Å². The summed E-state index contributed by atoms with van der Waals surface area (Å²) in [6.07, 6.45) is 1.55. The summed E-state index contributed by atoms with van der Waals surface area (Å²) in [5, 5.41) is 2.75.